The van der Waals surface area contributed by atoms with E-state index in [1.165, 1.54) is 12.8 Å². The van der Waals surface area contributed by atoms with Crippen molar-refractivity contribution in [2.75, 3.05) is 39.3 Å². The highest BCUT2D eigenvalue weighted by Gasteiger charge is 2.46. The highest BCUT2D eigenvalue weighted by Crippen LogP contribution is 2.33. The quantitative estimate of drug-likeness (QED) is 0.777. The van der Waals surface area contributed by atoms with Gasteiger partial charge in [0.15, 0.2) is 0 Å². The van der Waals surface area contributed by atoms with Crippen molar-refractivity contribution in [1.82, 2.24) is 9.80 Å². The maximum absolute atomic E-state index is 11.7. The highest BCUT2D eigenvalue weighted by atomic mass is 16.6. The van der Waals surface area contributed by atoms with Gasteiger partial charge in [0.05, 0.1) is 12.6 Å². The SMILES string of the molecule is CCN1CC2(CCN(CC3CCCO3)CC2)OC1=O. The van der Waals surface area contributed by atoms with E-state index in [0.29, 0.717) is 6.10 Å². The summed E-state index contributed by atoms with van der Waals surface area (Å²) in [5, 5.41) is 0. The summed E-state index contributed by atoms with van der Waals surface area (Å²) < 4.78 is 11.3. The Bertz CT molecular complexity index is 334. The van der Waals surface area contributed by atoms with Crippen molar-refractivity contribution in [3.8, 4) is 0 Å². The van der Waals surface area contributed by atoms with E-state index in [-0.39, 0.29) is 11.7 Å². The minimum Gasteiger partial charge on any atom is -0.441 e. The minimum absolute atomic E-state index is 0.130. The van der Waals surface area contributed by atoms with Crippen LogP contribution in [0.1, 0.15) is 32.6 Å². The van der Waals surface area contributed by atoms with Crippen molar-refractivity contribution in [2.24, 2.45) is 0 Å². The monoisotopic (exact) mass is 268 g/mol. The van der Waals surface area contributed by atoms with Gasteiger partial charge in [0, 0.05) is 45.6 Å². The predicted octanol–water partition coefficient (Wildman–Crippen LogP) is 1.47. The Morgan fingerprint density at radius 1 is 1.37 bits per heavy atom. The lowest BCUT2D eigenvalue weighted by Crippen LogP contribution is -2.48. The van der Waals surface area contributed by atoms with Gasteiger partial charge < -0.3 is 19.3 Å². The molecule has 3 aliphatic rings. The average molecular weight is 268 g/mol. The first-order valence-corrected chi connectivity index (χ1v) is 7.53. The largest absolute Gasteiger partial charge is 0.441 e. The summed E-state index contributed by atoms with van der Waals surface area (Å²) in [4.78, 5) is 16.0. The number of amides is 1. The van der Waals surface area contributed by atoms with Gasteiger partial charge in [-0.3, -0.25) is 0 Å². The number of hydrogen-bond acceptors (Lipinski definition) is 4. The molecule has 5 nitrogen and oxygen atoms in total. The van der Waals surface area contributed by atoms with Crippen molar-refractivity contribution in [1.29, 1.82) is 0 Å². The zero-order chi connectivity index (χ0) is 13.3. The summed E-state index contributed by atoms with van der Waals surface area (Å²) in [6.07, 6.45) is 4.61. The molecule has 3 rings (SSSR count). The van der Waals surface area contributed by atoms with Crippen molar-refractivity contribution >= 4 is 6.09 Å². The number of nitrogens with zero attached hydrogens (tertiary/aromatic N) is 2. The van der Waals surface area contributed by atoms with Crippen molar-refractivity contribution in [2.45, 2.75) is 44.3 Å². The van der Waals surface area contributed by atoms with Gasteiger partial charge in [0.2, 0.25) is 0 Å². The van der Waals surface area contributed by atoms with E-state index in [1.807, 2.05) is 11.8 Å². The van der Waals surface area contributed by atoms with Crippen molar-refractivity contribution in [3.05, 3.63) is 0 Å². The first-order chi connectivity index (χ1) is 9.21. The number of likely N-dealkylation sites (N-methyl/N-ethyl adjacent to an activating group) is 1. The Hall–Kier alpha value is -0.810. The van der Waals surface area contributed by atoms with Gasteiger partial charge in [-0.2, -0.15) is 0 Å². The smallest absolute Gasteiger partial charge is 0.410 e. The molecule has 5 heteroatoms. The molecular weight excluding hydrogens is 244 g/mol. The van der Waals surface area contributed by atoms with Crippen LogP contribution in [-0.2, 0) is 9.47 Å². The highest BCUT2D eigenvalue weighted by molar-refractivity contribution is 5.70. The zero-order valence-corrected chi connectivity index (χ0v) is 11.8. The summed E-state index contributed by atoms with van der Waals surface area (Å²) in [7, 11) is 0. The molecule has 3 aliphatic heterocycles. The number of hydrogen-bond donors (Lipinski definition) is 0. The average Bonchev–Trinajstić information content (AvgIpc) is 3.01. The van der Waals surface area contributed by atoms with Gasteiger partial charge in [-0.1, -0.05) is 0 Å². The molecule has 0 radical (unpaired) electrons. The topological polar surface area (TPSA) is 42.0 Å². The van der Waals surface area contributed by atoms with Crippen LogP contribution in [0.25, 0.3) is 0 Å². The van der Waals surface area contributed by atoms with Crippen LogP contribution in [0.15, 0.2) is 0 Å². The van der Waals surface area contributed by atoms with Gasteiger partial charge in [-0.05, 0) is 19.8 Å². The maximum atomic E-state index is 11.7. The normalized spacial score (nSPS) is 31.1. The van der Waals surface area contributed by atoms with Gasteiger partial charge in [0.25, 0.3) is 0 Å². The summed E-state index contributed by atoms with van der Waals surface area (Å²) >= 11 is 0. The second kappa shape index (κ2) is 5.29. The van der Waals surface area contributed by atoms with E-state index in [2.05, 4.69) is 4.90 Å². The number of rotatable bonds is 3. The van der Waals surface area contributed by atoms with E-state index in [1.54, 1.807) is 0 Å². The first kappa shape index (κ1) is 13.2. The fourth-order valence-corrected chi connectivity index (χ4v) is 3.41. The van der Waals surface area contributed by atoms with Crippen LogP contribution >= 0.6 is 0 Å². The number of carbonyl (C=O) groups excluding carboxylic acids is 1. The van der Waals surface area contributed by atoms with Crippen LogP contribution in [0.3, 0.4) is 0 Å². The maximum Gasteiger partial charge on any atom is 0.410 e. The third kappa shape index (κ3) is 2.72. The Morgan fingerprint density at radius 3 is 2.74 bits per heavy atom. The molecule has 108 valence electrons. The summed E-state index contributed by atoms with van der Waals surface area (Å²) in [6, 6.07) is 0. The van der Waals surface area contributed by atoms with Crippen LogP contribution in [0.5, 0.6) is 0 Å². The Balaban J connectivity index is 1.50. The summed E-state index contributed by atoms with van der Waals surface area (Å²) in [6.45, 7) is 7.53. The molecule has 3 heterocycles. The summed E-state index contributed by atoms with van der Waals surface area (Å²) in [5.41, 5.74) is -0.208. The number of likely N-dealkylation sites (tertiary alicyclic amines) is 1. The van der Waals surface area contributed by atoms with E-state index < -0.39 is 0 Å². The Morgan fingerprint density at radius 2 is 2.16 bits per heavy atom. The molecule has 0 bridgehead atoms. The van der Waals surface area contributed by atoms with E-state index in [0.717, 1.165) is 52.2 Å². The van der Waals surface area contributed by atoms with Crippen LogP contribution in [0.4, 0.5) is 4.79 Å². The molecule has 1 unspecified atom stereocenters. The molecule has 0 aromatic heterocycles. The molecule has 1 atom stereocenters. The van der Waals surface area contributed by atoms with Crippen LogP contribution in [0.2, 0.25) is 0 Å². The van der Waals surface area contributed by atoms with Crippen LogP contribution in [0, 0.1) is 0 Å². The minimum atomic E-state index is -0.208. The molecule has 0 aromatic carbocycles. The van der Waals surface area contributed by atoms with Gasteiger partial charge in [-0.15, -0.1) is 0 Å². The van der Waals surface area contributed by atoms with Crippen LogP contribution < -0.4 is 0 Å². The fraction of sp³-hybridized carbons (Fsp3) is 0.929. The first-order valence-electron chi connectivity index (χ1n) is 7.53. The molecule has 0 aromatic rings. The number of ether oxygens (including phenoxy) is 2. The predicted molar refractivity (Wildman–Crippen MR) is 71.1 cm³/mol. The molecule has 1 amide bonds. The van der Waals surface area contributed by atoms with Crippen molar-refractivity contribution in [3.63, 3.8) is 0 Å². The molecule has 19 heavy (non-hydrogen) atoms. The Kier molecular flexibility index (Phi) is 3.67. The molecule has 1 spiro atoms. The zero-order valence-electron chi connectivity index (χ0n) is 11.8. The standard InChI is InChI=1S/C14H24N2O3/c1-2-16-11-14(19-13(16)17)5-7-15(8-6-14)10-12-4-3-9-18-12/h12H,2-11H2,1H3. The second-order valence-electron chi connectivity index (χ2n) is 6.00. The number of carbonyl (C=O) groups is 1. The van der Waals surface area contributed by atoms with Crippen LogP contribution in [-0.4, -0.2) is 66.9 Å². The molecule has 3 saturated heterocycles. The lowest BCUT2D eigenvalue weighted by Gasteiger charge is -2.38. The lowest BCUT2D eigenvalue weighted by molar-refractivity contribution is -0.0130. The fourth-order valence-electron chi connectivity index (χ4n) is 3.41. The summed E-state index contributed by atoms with van der Waals surface area (Å²) in [5.74, 6) is 0. The molecular formula is C14H24N2O3. The molecule has 0 aliphatic carbocycles. The molecule has 0 saturated carbocycles. The third-order valence-corrected chi connectivity index (χ3v) is 4.68. The molecule has 0 N–H and O–H groups in total. The lowest BCUT2D eigenvalue weighted by atomic mass is 9.91. The van der Waals surface area contributed by atoms with Crippen molar-refractivity contribution < 1.29 is 14.3 Å². The van der Waals surface area contributed by atoms with Gasteiger partial charge >= 0.3 is 6.09 Å². The van der Waals surface area contributed by atoms with E-state index in [9.17, 15) is 4.79 Å². The third-order valence-electron chi connectivity index (χ3n) is 4.68. The van der Waals surface area contributed by atoms with Gasteiger partial charge in [-0.25, -0.2) is 4.79 Å². The van der Waals surface area contributed by atoms with E-state index in [4.69, 9.17) is 9.47 Å². The van der Waals surface area contributed by atoms with Gasteiger partial charge in [0.1, 0.15) is 5.60 Å². The number of piperidine rings is 1. The Labute approximate surface area is 114 Å². The molecule has 3 fully saturated rings. The van der Waals surface area contributed by atoms with E-state index >= 15 is 0 Å². The second-order valence-corrected chi connectivity index (χ2v) is 6.00.